The van der Waals surface area contributed by atoms with Crippen LogP contribution in [0.5, 0.6) is 0 Å². The summed E-state index contributed by atoms with van der Waals surface area (Å²) in [5.74, 6) is -0.816. The fourth-order valence-corrected chi connectivity index (χ4v) is 1.20. The molecule has 1 atom stereocenters. The Hall–Kier alpha value is -1.12. The van der Waals surface area contributed by atoms with Crippen molar-refractivity contribution >= 4 is 11.6 Å². The first kappa shape index (κ1) is 10.9. The van der Waals surface area contributed by atoms with Gasteiger partial charge in [-0.25, -0.2) is 0 Å². The summed E-state index contributed by atoms with van der Waals surface area (Å²) in [6.07, 6.45) is 2.41. The first-order valence-corrected chi connectivity index (χ1v) is 3.93. The minimum absolute atomic E-state index is 0.0335. The van der Waals surface area contributed by atoms with E-state index in [1.807, 2.05) is 13.8 Å². The molecule has 0 fully saturated rings. The van der Waals surface area contributed by atoms with Gasteiger partial charge in [0.05, 0.1) is 5.92 Å². The van der Waals surface area contributed by atoms with E-state index in [0.717, 1.165) is 0 Å². The highest BCUT2D eigenvalue weighted by molar-refractivity contribution is 6.06. The molecule has 1 unspecified atom stereocenters. The van der Waals surface area contributed by atoms with E-state index in [9.17, 15) is 9.59 Å². The van der Waals surface area contributed by atoms with Crippen molar-refractivity contribution in [3.05, 3.63) is 12.3 Å². The second kappa shape index (κ2) is 4.70. The lowest BCUT2D eigenvalue weighted by molar-refractivity contribution is -0.130. The third-order valence-electron chi connectivity index (χ3n) is 1.67. The zero-order valence-corrected chi connectivity index (χ0v) is 7.70. The van der Waals surface area contributed by atoms with E-state index in [0.29, 0.717) is 0 Å². The largest absolute Gasteiger partial charge is 0.404 e. The van der Waals surface area contributed by atoms with E-state index in [-0.39, 0.29) is 17.5 Å². The lowest BCUT2D eigenvalue weighted by Crippen LogP contribution is -2.25. The van der Waals surface area contributed by atoms with Crippen LogP contribution in [-0.4, -0.2) is 11.6 Å². The number of Topliss-reactive ketones (excluding diaryl/α,β-unsaturated/α-hetero) is 1. The first-order valence-electron chi connectivity index (χ1n) is 3.93. The molecule has 3 heteroatoms. The van der Waals surface area contributed by atoms with Gasteiger partial charge < -0.3 is 5.73 Å². The van der Waals surface area contributed by atoms with Crippen molar-refractivity contribution < 1.29 is 9.59 Å². The van der Waals surface area contributed by atoms with Gasteiger partial charge in [-0.2, -0.15) is 0 Å². The summed E-state index contributed by atoms with van der Waals surface area (Å²) in [7, 11) is 0. The molecule has 0 amide bonds. The first-order chi connectivity index (χ1) is 5.50. The molecule has 0 rings (SSSR count). The molecule has 0 aromatic heterocycles. The number of ketones is 2. The number of rotatable bonds is 4. The molecule has 0 aromatic rings. The second-order valence-electron chi connectivity index (χ2n) is 3.09. The molecule has 68 valence electrons. The van der Waals surface area contributed by atoms with Crippen molar-refractivity contribution in [2.24, 2.45) is 17.6 Å². The summed E-state index contributed by atoms with van der Waals surface area (Å²) < 4.78 is 0. The van der Waals surface area contributed by atoms with Crippen molar-refractivity contribution in [2.45, 2.75) is 20.8 Å². The van der Waals surface area contributed by atoms with E-state index in [1.165, 1.54) is 19.2 Å². The highest BCUT2D eigenvalue weighted by Gasteiger charge is 2.24. The average molecular weight is 169 g/mol. The Morgan fingerprint density at radius 1 is 1.33 bits per heavy atom. The molecule has 0 aromatic carbocycles. The molecule has 2 N–H and O–H groups in total. The van der Waals surface area contributed by atoms with Gasteiger partial charge in [0.15, 0.2) is 5.78 Å². The summed E-state index contributed by atoms with van der Waals surface area (Å²) in [5.41, 5.74) is 5.05. The van der Waals surface area contributed by atoms with Crippen LogP contribution in [0.1, 0.15) is 20.8 Å². The minimum atomic E-state index is -0.537. The maximum absolute atomic E-state index is 11.2. The van der Waals surface area contributed by atoms with Gasteiger partial charge in [0.1, 0.15) is 5.78 Å². The number of nitrogens with two attached hydrogens (primary N) is 1. The number of hydrogen-bond donors (Lipinski definition) is 1. The fourth-order valence-electron chi connectivity index (χ4n) is 1.20. The third-order valence-corrected chi connectivity index (χ3v) is 1.67. The molecular weight excluding hydrogens is 154 g/mol. The Kier molecular flexibility index (Phi) is 4.26. The molecule has 0 aliphatic carbocycles. The molecule has 0 saturated carbocycles. The number of allylic oxidation sites excluding steroid dienone is 1. The Morgan fingerprint density at radius 2 is 1.83 bits per heavy atom. The van der Waals surface area contributed by atoms with Gasteiger partial charge in [-0.15, -0.1) is 0 Å². The van der Waals surface area contributed by atoms with Crippen LogP contribution in [0.2, 0.25) is 0 Å². The minimum Gasteiger partial charge on any atom is -0.404 e. The summed E-state index contributed by atoms with van der Waals surface area (Å²) in [4.78, 5) is 22.2. The van der Waals surface area contributed by atoms with Crippen LogP contribution >= 0.6 is 0 Å². The molecule has 0 aliphatic heterocycles. The predicted molar refractivity (Wildman–Crippen MR) is 47.3 cm³/mol. The van der Waals surface area contributed by atoms with Gasteiger partial charge in [0.25, 0.3) is 0 Å². The smallest absolute Gasteiger partial charge is 0.167 e. The van der Waals surface area contributed by atoms with E-state index in [1.54, 1.807) is 0 Å². The van der Waals surface area contributed by atoms with Crippen LogP contribution < -0.4 is 5.73 Å². The second-order valence-corrected chi connectivity index (χ2v) is 3.09. The van der Waals surface area contributed by atoms with Gasteiger partial charge in [0, 0.05) is 0 Å². The van der Waals surface area contributed by atoms with Crippen LogP contribution in [0.3, 0.4) is 0 Å². The van der Waals surface area contributed by atoms with Gasteiger partial charge in [0.2, 0.25) is 0 Å². The lowest BCUT2D eigenvalue weighted by atomic mass is 9.88. The Labute approximate surface area is 72.6 Å². The fraction of sp³-hybridized carbons (Fsp3) is 0.556. The van der Waals surface area contributed by atoms with Crippen molar-refractivity contribution in [1.29, 1.82) is 0 Å². The maximum atomic E-state index is 11.2. The summed E-state index contributed by atoms with van der Waals surface area (Å²) in [6, 6.07) is 0. The lowest BCUT2D eigenvalue weighted by Gasteiger charge is -2.13. The predicted octanol–water partition coefficient (Wildman–Crippen LogP) is 0.889. The highest BCUT2D eigenvalue weighted by atomic mass is 16.1. The van der Waals surface area contributed by atoms with Crippen molar-refractivity contribution in [3.8, 4) is 0 Å². The monoisotopic (exact) mass is 169 g/mol. The number of hydrogen-bond acceptors (Lipinski definition) is 3. The van der Waals surface area contributed by atoms with E-state index in [4.69, 9.17) is 5.73 Å². The Bertz CT molecular complexity index is 207. The van der Waals surface area contributed by atoms with Crippen molar-refractivity contribution in [1.82, 2.24) is 0 Å². The van der Waals surface area contributed by atoms with Gasteiger partial charge in [-0.05, 0) is 25.1 Å². The Balaban J connectivity index is 4.52. The summed E-state index contributed by atoms with van der Waals surface area (Å²) in [5, 5.41) is 0. The molecule has 12 heavy (non-hydrogen) atoms. The van der Waals surface area contributed by atoms with E-state index in [2.05, 4.69) is 0 Å². The van der Waals surface area contributed by atoms with E-state index < -0.39 is 5.92 Å². The van der Waals surface area contributed by atoms with Crippen LogP contribution in [0, 0.1) is 11.8 Å². The van der Waals surface area contributed by atoms with E-state index >= 15 is 0 Å². The topological polar surface area (TPSA) is 60.2 Å². The standard InChI is InChI=1S/C9H15NO2/c1-6(2)9(7(3)11)8(12)4-5-10/h4-6,9H,10H2,1-3H3. The van der Waals surface area contributed by atoms with Crippen molar-refractivity contribution in [2.75, 3.05) is 0 Å². The third kappa shape index (κ3) is 2.86. The normalized spacial score (nSPS) is 13.7. The van der Waals surface area contributed by atoms with Gasteiger partial charge in [-0.3, -0.25) is 9.59 Å². The quantitative estimate of drug-likeness (QED) is 0.502. The maximum Gasteiger partial charge on any atom is 0.167 e. The molecule has 0 spiro atoms. The summed E-state index contributed by atoms with van der Waals surface area (Å²) in [6.45, 7) is 5.11. The molecule has 0 radical (unpaired) electrons. The molecule has 0 heterocycles. The molecule has 0 aliphatic rings. The highest BCUT2D eigenvalue weighted by Crippen LogP contribution is 2.13. The zero-order valence-electron chi connectivity index (χ0n) is 7.70. The number of carbonyl (C=O) groups excluding carboxylic acids is 2. The van der Waals surface area contributed by atoms with Crippen LogP contribution in [0.4, 0.5) is 0 Å². The molecule has 3 nitrogen and oxygen atoms in total. The SMILES string of the molecule is CC(=O)C(C(=O)C=CN)C(C)C. The molecule has 0 saturated heterocycles. The number of carbonyl (C=O) groups is 2. The average Bonchev–Trinajstić information content (AvgIpc) is 1.85. The van der Waals surface area contributed by atoms with Gasteiger partial charge in [-0.1, -0.05) is 13.8 Å². The molecule has 0 bridgehead atoms. The molecular formula is C9H15NO2. The summed E-state index contributed by atoms with van der Waals surface area (Å²) >= 11 is 0. The van der Waals surface area contributed by atoms with Crippen LogP contribution in [0.25, 0.3) is 0 Å². The van der Waals surface area contributed by atoms with Crippen molar-refractivity contribution in [3.63, 3.8) is 0 Å². The zero-order chi connectivity index (χ0) is 9.72. The van der Waals surface area contributed by atoms with Crippen LogP contribution in [-0.2, 0) is 9.59 Å². The Morgan fingerprint density at radius 3 is 2.08 bits per heavy atom. The van der Waals surface area contributed by atoms with Crippen LogP contribution in [0.15, 0.2) is 12.3 Å². The van der Waals surface area contributed by atoms with Gasteiger partial charge >= 0.3 is 0 Å².